The topological polar surface area (TPSA) is 74.6 Å². The van der Waals surface area contributed by atoms with Gasteiger partial charge >= 0.3 is 12.1 Å². The van der Waals surface area contributed by atoms with Crippen LogP contribution in [0.15, 0.2) is 65.6 Å². The Bertz CT molecular complexity index is 1790. The Morgan fingerprint density at radius 1 is 1.02 bits per heavy atom. The molecule has 1 aliphatic heterocycles. The standard InChI is InChI=1S/C29H21F6N3O3S/c30-17-4-5-23(21(31)10-17)38-14-20(28(40)41)27(39)19-11-22(32)25(12-24(19)38)37-7-6-18(13-37)36-26(42)9-15-2-1-3-16(8-15)29(33,34)35/h1-5,8,10-12,14,18H,6-7,9,13H2,(H,36,42)(H,40,41). The molecule has 4 aromatic rings. The van der Waals surface area contributed by atoms with Crippen LogP contribution < -0.4 is 15.6 Å². The van der Waals surface area contributed by atoms with Crippen molar-refractivity contribution in [2.24, 2.45) is 0 Å². The van der Waals surface area contributed by atoms with Crippen molar-refractivity contribution in [3.8, 4) is 5.69 Å². The van der Waals surface area contributed by atoms with Crippen LogP contribution in [0.1, 0.15) is 27.9 Å². The lowest BCUT2D eigenvalue weighted by Gasteiger charge is -2.22. The number of fused-ring (bicyclic) bond motifs is 1. The van der Waals surface area contributed by atoms with Crippen LogP contribution in [-0.4, -0.2) is 39.8 Å². The van der Waals surface area contributed by atoms with E-state index in [9.17, 15) is 36.6 Å². The SMILES string of the molecule is O=C(O)c1cn(-c2ccc(F)cc2F)c2cc(N3CCC(NC(=S)Cc4cccc(C(F)(F)F)c4)C3)c(F)cc2c1=O. The van der Waals surface area contributed by atoms with Crippen molar-refractivity contribution in [2.45, 2.75) is 25.1 Å². The van der Waals surface area contributed by atoms with E-state index in [-0.39, 0.29) is 41.3 Å². The molecule has 1 saturated heterocycles. The second kappa shape index (κ2) is 11.1. The summed E-state index contributed by atoms with van der Waals surface area (Å²) in [5.41, 5.74) is -2.29. The van der Waals surface area contributed by atoms with Gasteiger partial charge in [-0.2, -0.15) is 13.2 Å². The van der Waals surface area contributed by atoms with Crippen LogP contribution in [-0.2, 0) is 12.6 Å². The van der Waals surface area contributed by atoms with E-state index >= 15 is 4.39 Å². The van der Waals surface area contributed by atoms with Crippen molar-refractivity contribution in [1.29, 1.82) is 0 Å². The van der Waals surface area contributed by atoms with E-state index < -0.39 is 46.2 Å². The van der Waals surface area contributed by atoms with E-state index in [4.69, 9.17) is 12.2 Å². The number of carboxylic acids is 1. The molecule has 0 amide bonds. The van der Waals surface area contributed by atoms with Crippen molar-refractivity contribution in [3.63, 3.8) is 0 Å². The highest BCUT2D eigenvalue weighted by Gasteiger charge is 2.31. The highest BCUT2D eigenvalue weighted by molar-refractivity contribution is 7.80. The van der Waals surface area contributed by atoms with Crippen molar-refractivity contribution >= 4 is 39.8 Å². The van der Waals surface area contributed by atoms with Gasteiger partial charge in [0.15, 0.2) is 0 Å². The number of hydrogen-bond donors (Lipinski definition) is 2. The van der Waals surface area contributed by atoms with Gasteiger partial charge in [0.25, 0.3) is 0 Å². The number of carbonyl (C=O) groups is 1. The lowest BCUT2D eigenvalue weighted by atomic mass is 10.1. The Morgan fingerprint density at radius 3 is 2.45 bits per heavy atom. The molecule has 2 heterocycles. The number of aromatic carboxylic acids is 1. The molecule has 0 aliphatic carbocycles. The summed E-state index contributed by atoms with van der Waals surface area (Å²) in [4.78, 5) is 26.5. The smallest absolute Gasteiger partial charge is 0.416 e. The van der Waals surface area contributed by atoms with Gasteiger partial charge in [0, 0.05) is 43.2 Å². The third-order valence-corrected chi connectivity index (χ3v) is 7.25. The molecule has 2 N–H and O–H groups in total. The highest BCUT2D eigenvalue weighted by atomic mass is 32.1. The lowest BCUT2D eigenvalue weighted by molar-refractivity contribution is -0.137. The first kappa shape index (κ1) is 29.1. The number of nitrogens with one attached hydrogen (secondary N) is 1. The van der Waals surface area contributed by atoms with E-state index in [1.165, 1.54) is 18.2 Å². The van der Waals surface area contributed by atoms with Gasteiger partial charge in [0.05, 0.1) is 27.4 Å². The molecule has 0 spiro atoms. The molecule has 1 aromatic heterocycles. The summed E-state index contributed by atoms with van der Waals surface area (Å²) in [5.74, 6) is -4.31. The number of nitrogens with zero attached hydrogens (tertiary/aromatic N) is 2. The van der Waals surface area contributed by atoms with Gasteiger partial charge in [0.2, 0.25) is 5.43 Å². The number of carboxylic acid groups (broad SMARTS) is 1. The molecule has 1 unspecified atom stereocenters. The summed E-state index contributed by atoms with van der Waals surface area (Å²) in [6.45, 7) is 0.585. The molecule has 0 bridgehead atoms. The molecule has 42 heavy (non-hydrogen) atoms. The van der Waals surface area contributed by atoms with Crippen LogP contribution in [0.5, 0.6) is 0 Å². The summed E-state index contributed by atoms with van der Waals surface area (Å²) in [6, 6.07) is 9.38. The van der Waals surface area contributed by atoms with Crippen LogP contribution in [0, 0.1) is 17.5 Å². The van der Waals surface area contributed by atoms with E-state index in [1.807, 2.05) is 0 Å². The quantitative estimate of drug-likeness (QED) is 0.212. The third-order valence-electron chi connectivity index (χ3n) is 6.98. The normalized spacial score (nSPS) is 15.3. The number of alkyl halides is 3. The Hall–Kier alpha value is -4.39. The van der Waals surface area contributed by atoms with Gasteiger partial charge < -0.3 is 19.9 Å². The second-order valence-corrected chi connectivity index (χ2v) is 10.3. The van der Waals surface area contributed by atoms with Crippen LogP contribution in [0.3, 0.4) is 0 Å². The molecule has 218 valence electrons. The Balaban J connectivity index is 1.43. The molecule has 1 aliphatic rings. The number of anilines is 1. The first-order valence-electron chi connectivity index (χ1n) is 12.6. The fourth-order valence-corrected chi connectivity index (χ4v) is 5.36. The Labute approximate surface area is 239 Å². The van der Waals surface area contributed by atoms with Crippen LogP contribution >= 0.6 is 12.2 Å². The number of halogens is 6. The molecular formula is C29H21F6N3O3S. The zero-order valence-electron chi connectivity index (χ0n) is 21.5. The molecule has 1 fully saturated rings. The zero-order valence-corrected chi connectivity index (χ0v) is 22.3. The summed E-state index contributed by atoms with van der Waals surface area (Å²) < 4.78 is 83.9. The fourth-order valence-electron chi connectivity index (χ4n) is 5.02. The summed E-state index contributed by atoms with van der Waals surface area (Å²) in [5, 5.41) is 12.3. The number of hydrogen-bond acceptors (Lipinski definition) is 4. The Kier molecular flexibility index (Phi) is 7.71. The van der Waals surface area contributed by atoms with E-state index in [0.717, 1.165) is 41.1 Å². The van der Waals surface area contributed by atoms with Crippen LogP contribution in [0.25, 0.3) is 16.6 Å². The maximum atomic E-state index is 15.4. The predicted octanol–water partition coefficient (Wildman–Crippen LogP) is 5.86. The molecule has 1 atom stereocenters. The fraction of sp³-hybridized carbons (Fsp3) is 0.207. The molecule has 5 rings (SSSR count). The van der Waals surface area contributed by atoms with Gasteiger partial charge in [-0.25, -0.2) is 18.0 Å². The number of aromatic nitrogens is 1. The van der Waals surface area contributed by atoms with Crippen molar-refractivity contribution in [2.75, 3.05) is 18.0 Å². The molecule has 0 radical (unpaired) electrons. The summed E-state index contributed by atoms with van der Waals surface area (Å²) in [7, 11) is 0. The summed E-state index contributed by atoms with van der Waals surface area (Å²) >= 11 is 5.36. The van der Waals surface area contributed by atoms with Crippen molar-refractivity contribution < 1.29 is 36.2 Å². The average molecular weight is 606 g/mol. The van der Waals surface area contributed by atoms with E-state index in [0.29, 0.717) is 29.6 Å². The number of pyridine rings is 1. The van der Waals surface area contributed by atoms with Gasteiger partial charge in [-0.3, -0.25) is 4.79 Å². The maximum absolute atomic E-state index is 15.4. The number of thiocarbonyl (C=S) groups is 1. The molecule has 0 saturated carbocycles. The van der Waals surface area contributed by atoms with Gasteiger partial charge in [-0.1, -0.05) is 30.4 Å². The minimum Gasteiger partial charge on any atom is -0.477 e. The molecular weight excluding hydrogens is 584 g/mol. The van der Waals surface area contributed by atoms with E-state index in [2.05, 4.69) is 5.32 Å². The predicted molar refractivity (Wildman–Crippen MR) is 148 cm³/mol. The largest absolute Gasteiger partial charge is 0.477 e. The zero-order chi connectivity index (χ0) is 30.3. The van der Waals surface area contributed by atoms with Gasteiger partial charge in [-0.15, -0.1) is 0 Å². The molecule has 3 aromatic carbocycles. The monoisotopic (exact) mass is 605 g/mol. The van der Waals surface area contributed by atoms with Gasteiger partial charge in [-0.05, 0) is 42.3 Å². The summed E-state index contributed by atoms with van der Waals surface area (Å²) in [6.07, 6.45) is -3.01. The van der Waals surface area contributed by atoms with Crippen molar-refractivity contribution in [1.82, 2.24) is 9.88 Å². The highest BCUT2D eigenvalue weighted by Crippen LogP contribution is 2.31. The van der Waals surface area contributed by atoms with Crippen molar-refractivity contribution in [3.05, 3.63) is 105 Å². The lowest BCUT2D eigenvalue weighted by Crippen LogP contribution is -2.37. The molecule has 13 heteroatoms. The second-order valence-electron chi connectivity index (χ2n) is 9.84. The van der Waals surface area contributed by atoms with E-state index in [1.54, 1.807) is 4.90 Å². The minimum atomic E-state index is -4.48. The van der Waals surface area contributed by atoms with Crippen LogP contribution in [0.2, 0.25) is 0 Å². The van der Waals surface area contributed by atoms with Gasteiger partial charge in [0.1, 0.15) is 23.0 Å². The Morgan fingerprint density at radius 2 is 1.76 bits per heavy atom. The number of rotatable bonds is 6. The average Bonchev–Trinajstić information content (AvgIpc) is 3.36. The number of benzene rings is 3. The maximum Gasteiger partial charge on any atom is 0.416 e. The third kappa shape index (κ3) is 5.82. The minimum absolute atomic E-state index is 0.00313. The van der Waals surface area contributed by atoms with Crippen LogP contribution in [0.4, 0.5) is 32.0 Å². The first-order chi connectivity index (χ1) is 19.8. The first-order valence-corrected chi connectivity index (χ1v) is 13.0. The molecule has 6 nitrogen and oxygen atoms in total.